The summed E-state index contributed by atoms with van der Waals surface area (Å²) in [5.74, 6) is 0.544. The first-order valence-corrected chi connectivity index (χ1v) is 6.54. The minimum Gasteiger partial charge on any atom is -0.369 e. The molecule has 1 aromatic rings. The molecule has 7 heteroatoms. The van der Waals surface area contributed by atoms with Crippen molar-refractivity contribution in [3.05, 3.63) is 11.7 Å². The van der Waals surface area contributed by atoms with E-state index in [0.717, 1.165) is 12.8 Å². The van der Waals surface area contributed by atoms with Gasteiger partial charge in [0.1, 0.15) is 5.60 Å². The van der Waals surface area contributed by atoms with Gasteiger partial charge in [-0.1, -0.05) is 19.0 Å². The van der Waals surface area contributed by atoms with Crippen molar-refractivity contribution >= 4 is 5.91 Å². The van der Waals surface area contributed by atoms with E-state index in [9.17, 15) is 4.79 Å². The van der Waals surface area contributed by atoms with Crippen LogP contribution in [0.5, 0.6) is 0 Å². The van der Waals surface area contributed by atoms with Gasteiger partial charge in [-0.2, -0.15) is 4.98 Å². The summed E-state index contributed by atoms with van der Waals surface area (Å²) >= 11 is 0. The second-order valence-electron chi connectivity index (χ2n) is 4.22. The SMILES string of the molecule is CCOC(CC)(CC)c1noc(CNCC(N)=O)n1. The molecular weight excluding hydrogens is 248 g/mol. The van der Waals surface area contributed by atoms with Crippen molar-refractivity contribution in [1.82, 2.24) is 15.5 Å². The van der Waals surface area contributed by atoms with Crippen LogP contribution in [0.4, 0.5) is 0 Å². The molecule has 0 atom stereocenters. The maximum Gasteiger partial charge on any atom is 0.240 e. The predicted molar refractivity (Wildman–Crippen MR) is 69.1 cm³/mol. The van der Waals surface area contributed by atoms with E-state index in [-0.39, 0.29) is 6.54 Å². The van der Waals surface area contributed by atoms with Crippen LogP contribution in [0.3, 0.4) is 0 Å². The van der Waals surface area contributed by atoms with Crippen LogP contribution < -0.4 is 11.1 Å². The first kappa shape index (κ1) is 15.6. The fraction of sp³-hybridized carbons (Fsp3) is 0.750. The number of nitrogens with one attached hydrogen (secondary N) is 1. The molecule has 0 fully saturated rings. The number of carbonyl (C=O) groups excluding carboxylic acids is 1. The Bertz CT molecular complexity index is 401. The molecule has 0 bridgehead atoms. The topological polar surface area (TPSA) is 103 Å². The second-order valence-corrected chi connectivity index (χ2v) is 4.22. The van der Waals surface area contributed by atoms with Gasteiger partial charge >= 0.3 is 0 Å². The highest BCUT2D eigenvalue weighted by molar-refractivity contribution is 5.75. The molecule has 1 aromatic heterocycles. The Labute approximate surface area is 112 Å². The van der Waals surface area contributed by atoms with Crippen molar-refractivity contribution in [1.29, 1.82) is 0 Å². The zero-order valence-corrected chi connectivity index (χ0v) is 11.7. The highest BCUT2D eigenvalue weighted by Crippen LogP contribution is 2.30. The lowest BCUT2D eigenvalue weighted by Crippen LogP contribution is -2.30. The molecule has 0 aliphatic carbocycles. The van der Waals surface area contributed by atoms with Crippen molar-refractivity contribution < 1.29 is 14.1 Å². The van der Waals surface area contributed by atoms with Crippen molar-refractivity contribution in [2.75, 3.05) is 13.2 Å². The zero-order chi connectivity index (χ0) is 14.3. The van der Waals surface area contributed by atoms with E-state index in [1.807, 2.05) is 20.8 Å². The van der Waals surface area contributed by atoms with Gasteiger partial charge in [-0.15, -0.1) is 0 Å². The van der Waals surface area contributed by atoms with E-state index in [1.54, 1.807) is 0 Å². The molecule has 0 saturated carbocycles. The third kappa shape index (κ3) is 4.00. The molecule has 1 amide bonds. The third-order valence-corrected chi connectivity index (χ3v) is 3.01. The molecular formula is C12H22N4O3. The predicted octanol–water partition coefficient (Wildman–Crippen LogP) is 0.696. The van der Waals surface area contributed by atoms with Gasteiger partial charge in [0.25, 0.3) is 0 Å². The average molecular weight is 270 g/mol. The van der Waals surface area contributed by atoms with E-state index in [2.05, 4.69) is 15.5 Å². The molecule has 0 radical (unpaired) electrons. The minimum absolute atomic E-state index is 0.0792. The highest BCUT2D eigenvalue weighted by Gasteiger charge is 2.34. The Morgan fingerprint density at radius 3 is 2.63 bits per heavy atom. The second kappa shape index (κ2) is 7.20. The summed E-state index contributed by atoms with van der Waals surface area (Å²) < 4.78 is 10.9. The van der Waals surface area contributed by atoms with Gasteiger partial charge < -0.3 is 15.0 Å². The number of rotatable bonds is 9. The number of amides is 1. The summed E-state index contributed by atoms with van der Waals surface area (Å²) in [4.78, 5) is 14.9. The van der Waals surface area contributed by atoms with Crippen LogP contribution in [-0.4, -0.2) is 29.2 Å². The molecule has 0 aliphatic heterocycles. The number of aromatic nitrogens is 2. The molecule has 0 spiro atoms. The number of hydrogen-bond donors (Lipinski definition) is 2. The van der Waals surface area contributed by atoms with Gasteiger partial charge in [-0.05, 0) is 19.8 Å². The number of primary amides is 1. The Morgan fingerprint density at radius 1 is 1.42 bits per heavy atom. The largest absolute Gasteiger partial charge is 0.369 e. The first-order chi connectivity index (χ1) is 9.07. The molecule has 3 N–H and O–H groups in total. The lowest BCUT2D eigenvalue weighted by atomic mass is 9.96. The molecule has 1 heterocycles. The van der Waals surface area contributed by atoms with Crippen LogP contribution in [0.25, 0.3) is 0 Å². The summed E-state index contributed by atoms with van der Waals surface area (Å²) in [7, 11) is 0. The summed E-state index contributed by atoms with van der Waals surface area (Å²) in [6.45, 7) is 6.98. The molecule has 19 heavy (non-hydrogen) atoms. The van der Waals surface area contributed by atoms with Crippen LogP contribution >= 0.6 is 0 Å². The van der Waals surface area contributed by atoms with Gasteiger partial charge in [0, 0.05) is 6.61 Å². The number of nitrogens with two attached hydrogens (primary N) is 1. The standard InChI is InChI=1S/C12H22N4O3/c1-4-12(5-2,18-6-3)11-15-10(19-16-11)8-14-7-9(13)17/h14H,4-8H2,1-3H3,(H2,13,17). The normalized spacial score (nSPS) is 11.7. The number of nitrogens with zero attached hydrogens (tertiary/aromatic N) is 2. The Morgan fingerprint density at radius 2 is 2.11 bits per heavy atom. The minimum atomic E-state index is -0.500. The molecule has 108 valence electrons. The molecule has 0 aliphatic rings. The van der Waals surface area contributed by atoms with Crippen LogP contribution in [0.1, 0.15) is 45.3 Å². The zero-order valence-electron chi connectivity index (χ0n) is 11.7. The average Bonchev–Trinajstić information content (AvgIpc) is 2.85. The van der Waals surface area contributed by atoms with Gasteiger partial charge in [0.05, 0.1) is 13.1 Å². The van der Waals surface area contributed by atoms with Crippen molar-refractivity contribution in [3.8, 4) is 0 Å². The molecule has 0 saturated heterocycles. The lowest BCUT2D eigenvalue weighted by Gasteiger charge is -2.27. The van der Waals surface area contributed by atoms with E-state index in [1.165, 1.54) is 0 Å². The van der Waals surface area contributed by atoms with Crippen molar-refractivity contribution in [2.24, 2.45) is 5.73 Å². The third-order valence-electron chi connectivity index (χ3n) is 3.01. The summed E-state index contributed by atoms with van der Waals surface area (Å²) in [6.07, 6.45) is 1.54. The molecule has 0 unspecified atom stereocenters. The van der Waals surface area contributed by atoms with Gasteiger partial charge in [-0.3, -0.25) is 10.1 Å². The molecule has 7 nitrogen and oxygen atoms in total. The quantitative estimate of drug-likeness (QED) is 0.684. The van der Waals surface area contributed by atoms with E-state index in [0.29, 0.717) is 24.9 Å². The van der Waals surface area contributed by atoms with E-state index < -0.39 is 11.5 Å². The van der Waals surface area contributed by atoms with Crippen LogP contribution in [-0.2, 0) is 21.7 Å². The summed E-state index contributed by atoms with van der Waals surface area (Å²) in [6, 6.07) is 0. The van der Waals surface area contributed by atoms with Gasteiger partial charge in [0.15, 0.2) is 0 Å². The molecule has 1 rings (SSSR count). The number of carbonyl (C=O) groups is 1. The van der Waals surface area contributed by atoms with E-state index >= 15 is 0 Å². The van der Waals surface area contributed by atoms with Crippen molar-refractivity contribution in [3.63, 3.8) is 0 Å². The van der Waals surface area contributed by atoms with Crippen LogP contribution in [0, 0.1) is 0 Å². The Balaban J connectivity index is 2.73. The van der Waals surface area contributed by atoms with Gasteiger partial charge in [-0.25, -0.2) is 0 Å². The Hall–Kier alpha value is -1.47. The first-order valence-electron chi connectivity index (χ1n) is 6.54. The van der Waals surface area contributed by atoms with Gasteiger partial charge in [0.2, 0.25) is 17.6 Å². The fourth-order valence-corrected chi connectivity index (χ4v) is 1.92. The fourth-order valence-electron chi connectivity index (χ4n) is 1.92. The highest BCUT2D eigenvalue weighted by atomic mass is 16.5. The number of hydrogen-bond acceptors (Lipinski definition) is 6. The van der Waals surface area contributed by atoms with Crippen LogP contribution in [0.2, 0.25) is 0 Å². The monoisotopic (exact) mass is 270 g/mol. The Kier molecular flexibility index (Phi) is 5.91. The van der Waals surface area contributed by atoms with E-state index in [4.69, 9.17) is 15.0 Å². The molecule has 0 aromatic carbocycles. The summed E-state index contributed by atoms with van der Waals surface area (Å²) in [5, 5.41) is 6.80. The number of ether oxygens (including phenoxy) is 1. The van der Waals surface area contributed by atoms with Crippen LogP contribution in [0.15, 0.2) is 4.52 Å². The maximum absolute atomic E-state index is 10.6. The summed E-state index contributed by atoms with van der Waals surface area (Å²) in [5.41, 5.74) is 4.53. The lowest BCUT2D eigenvalue weighted by molar-refractivity contribution is -0.117. The smallest absolute Gasteiger partial charge is 0.240 e. The van der Waals surface area contributed by atoms with Crippen molar-refractivity contribution in [2.45, 2.75) is 45.8 Å². The maximum atomic E-state index is 10.6.